The van der Waals surface area contributed by atoms with Crippen molar-refractivity contribution in [2.75, 3.05) is 39.1 Å². The second-order valence-electron chi connectivity index (χ2n) is 4.47. The molecule has 0 amide bonds. The number of pyridine rings is 1. The predicted molar refractivity (Wildman–Crippen MR) is 73.2 cm³/mol. The molecule has 6 heteroatoms. The van der Waals surface area contributed by atoms with Crippen molar-refractivity contribution in [1.82, 2.24) is 9.88 Å². The van der Waals surface area contributed by atoms with E-state index in [1.54, 1.807) is 12.3 Å². The Labute approximate surface area is 108 Å². The van der Waals surface area contributed by atoms with Gasteiger partial charge in [-0.15, -0.1) is 0 Å². The Morgan fingerprint density at radius 1 is 1.33 bits per heavy atom. The highest BCUT2D eigenvalue weighted by Gasteiger charge is 2.04. The summed E-state index contributed by atoms with van der Waals surface area (Å²) in [6, 6.07) is 3.66. The van der Waals surface area contributed by atoms with Gasteiger partial charge < -0.3 is 20.7 Å². The molecule has 1 aromatic heterocycles. The summed E-state index contributed by atoms with van der Waals surface area (Å²) in [5, 5.41) is 11.5. The first kappa shape index (κ1) is 14.2. The minimum Gasteiger partial charge on any atom is -0.409 e. The third-order valence-electron chi connectivity index (χ3n) is 2.66. The second-order valence-corrected chi connectivity index (χ2v) is 4.47. The van der Waals surface area contributed by atoms with Crippen molar-refractivity contribution >= 4 is 11.5 Å². The molecular formula is C12H21N5O. The summed E-state index contributed by atoms with van der Waals surface area (Å²) in [7, 11) is 6.15. The Morgan fingerprint density at radius 3 is 2.56 bits per heavy atom. The van der Waals surface area contributed by atoms with E-state index in [-0.39, 0.29) is 5.84 Å². The van der Waals surface area contributed by atoms with Crippen molar-refractivity contribution in [3.8, 4) is 0 Å². The van der Waals surface area contributed by atoms with Crippen LogP contribution in [0, 0.1) is 0 Å². The lowest BCUT2D eigenvalue weighted by molar-refractivity contribution is 0.318. The SMILES string of the molecule is CN(C)CCCN(C)c1ccc(/C(N)=N/O)nc1. The number of anilines is 1. The maximum absolute atomic E-state index is 8.54. The van der Waals surface area contributed by atoms with Crippen LogP contribution in [0.3, 0.4) is 0 Å². The molecule has 0 atom stereocenters. The third kappa shape index (κ3) is 4.21. The van der Waals surface area contributed by atoms with E-state index in [1.165, 1.54) is 0 Å². The maximum atomic E-state index is 8.54. The quantitative estimate of drug-likeness (QED) is 0.334. The zero-order valence-corrected chi connectivity index (χ0v) is 11.2. The van der Waals surface area contributed by atoms with Crippen LogP contribution in [0.25, 0.3) is 0 Å². The zero-order valence-electron chi connectivity index (χ0n) is 11.2. The average Bonchev–Trinajstić information content (AvgIpc) is 2.37. The summed E-state index contributed by atoms with van der Waals surface area (Å²) in [6.07, 6.45) is 2.81. The molecule has 18 heavy (non-hydrogen) atoms. The molecule has 0 spiro atoms. The fraction of sp³-hybridized carbons (Fsp3) is 0.500. The van der Waals surface area contributed by atoms with Crippen LogP contribution < -0.4 is 10.6 Å². The van der Waals surface area contributed by atoms with E-state index in [0.717, 1.165) is 25.2 Å². The summed E-state index contributed by atoms with van der Waals surface area (Å²) in [5.41, 5.74) is 6.94. The van der Waals surface area contributed by atoms with E-state index in [9.17, 15) is 0 Å². The van der Waals surface area contributed by atoms with Gasteiger partial charge in [0.05, 0.1) is 11.9 Å². The highest BCUT2D eigenvalue weighted by molar-refractivity contribution is 5.95. The molecule has 3 N–H and O–H groups in total. The van der Waals surface area contributed by atoms with Crippen LogP contribution in [0.15, 0.2) is 23.5 Å². The van der Waals surface area contributed by atoms with Crippen LogP contribution in [-0.2, 0) is 0 Å². The van der Waals surface area contributed by atoms with Crippen molar-refractivity contribution in [1.29, 1.82) is 0 Å². The normalized spacial score (nSPS) is 11.9. The molecule has 0 aliphatic carbocycles. The fourth-order valence-electron chi connectivity index (χ4n) is 1.57. The average molecular weight is 251 g/mol. The van der Waals surface area contributed by atoms with Crippen molar-refractivity contribution in [3.63, 3.8) is 0 Å². The highest BCUT2D eigenvalue weighted by atomic mass is 16.4. The third-order valence-corrected chi connectivity index (χ3v) is 2.66. The Hall–Kier alpha value is -1.82. The molecule has 0 aromatic carbocycles. The van der Waals surface area contributed by atoms with Gasteiger partial charge in [-0.05, 0) is 39.2 Å². The predicted octanol–water partition coefficient (Wildman–Crippen LogP) is 0.564. The molecule has 6 nitrogen and oxygen atoms in total. The fourth-order valence-corrected chi connectivity index (χ4v) is 1.57. The Kier molecular flexibility index (Phi) is 5.38. The molecule has 0 saturated carbocycles. The van der Waals surface area contributed by atoms with Gasteiger partial charge in [-0.2, -0.15) is 0 Å². The topological polar surface area (TPSA) is 78.0 Å². The minimum absolute atomic E-state index is 0.0248. The lowest BCUT2D eigenvalue weighted by atomic mass is 10.3. The molecule has 0 saturated heterocycles. The molecule has 0 fully saturated rings. The molecular weight excluding hydrogens is 230 g/mol. The zero-order chi connectivity index (χ0) is 13.5. The van der Waals surface area contributed by atoms with Crippen molar-refractivity contribution in [2.45, 2.75) is 6.42 Å². The van der Waals surface area contributed by atoms with Crippen LogP contribution in [0.1, 0.15) is 12.1 Å². The maximum Gasteiger partial charge on any atom is 0.188 e. The number of oxime groups is 1. The molecule has 100 valence electrons. The van der Waals surface area contributed by atoms with Gasteiger partial charge in [0.2, 0.25) is 0 Å². The first-order valence-corrected chi connectivity index (χ1v) is 5.84. The molecule has 1 aromatic rings. The molecule has 0 aliphatic heterocycles. The smallest absolute Gasteiger partial charge is 0.188 e. The molecule has 0 aliphatic rings. The van der Waals surface area contributed by atoms with Crippen molar-refractivity contribution in [3.05, 3.63) is 24.0 Å². The van der Waals surface area contributed by atoms with Gasteiger partial charge in [0.15, 0.2) is 5.84 Å². The van der Waals surface area contributed by atoms with Crippen LogP contribution in [0.5, 0.6) is 0 Å². The van der Waals surface area contributed by atoms with Gasteiger partial charge >= 0.3 is 0 Å². The van der Waals surface area contributed by atoms with E-state index in [0.29, 0.717) is 5.69 Å². The molecule has 1 rings (SSSR count). The van der Waals surface area contributed by atoms with Crippen molar-refractivity contribution in [2.24, 2.45) is 10.9 Å². The Morgan fingerprint density at radius 2 is 2.06 bits per heavy atom. The van der Waals surface area contributed by atoms with E-state index < -0.39 is 0 Å². The lowest BCUT2D eigenvalue weighted by Gasteiger charge is -2.20. The van der Waals surface area contributed by atoms with Gasteiger partial charge in [-0.25, -0.2) is 0 Å². The highest BCUT2D eigenvalue weighted by Crippen LogP contribution is 2.11. The summed E-state index contributed by atoms with van der Waals surface area (Å²) >= 11 is 0. The van der Waals surface area contributed by atoms with Crippen LogP contribution in [0.4, 0.5) is 5.69 Å². The molecule has 0 unspecified atom stereocenters. The first-order chi connectivity index (χ1) is 8.54. The number of amidine groups is 1. The largest absolute Gasteiger partial charge is 0.409 e. The van der Waals surface area contributed by atoms with Gasteiger partial charge in [-0.3, -0.25) is 4.98 Å². The molecule has 0 radical (unpaired) electrons. The molecule has 0 bridgehead atoms. The first-order valence-electron chi connectivity index (χ1n) is 5.84. The molecule has 1 heterocycles. The summed E-state index contributed by atoms with van der Waals surface area (Å²) < 4.78 is 0. The summed E-state index contributed by atoms with van der Waals surface area (Å²) in [4.78, 5) is 8.44. The van der Waals surface area contributed by atoms with Crippen molar-refractivity contribution < 1.29 is 5.21 Å². The summed E-state index contributed by atoms with van der Waals surface area (Å²) in [5.74, 6) is 0.0248. The number of hydrogen-bond acceptors (Lipinski definition) is 5. The van der Waals surface area contributed by atoms with E-state index in [4.69, 9.17) is 10.9 Å². The van der Waals surface area contributed by atoms with Crippen LogP contribution in [-0.4, -0.2) is 55.2 Å². The van der Waals surface area contributed by atoms with E-state index in [1.807, 2.05) is 13.1 Å². The van der Waals surface area contributed by atoms with Gasteiger partial charge in [-0.1, -0.05) is 5.16 Å². The van der Waals surface area contributed by atoms with Crippen LogP contribution in [0.2, 0.25) is 0 Å². The number of nitrogens with two attached hydrogens (primary N) is 1. The van der Waals surface area contributed by atoms with Gasteiger partial charge in [0, 0.05) is 13.6 Å². The lowest BCUT2D eigenvalue weighted by Crippen LogP contribution is -2.23. The number of nitrogens with zero attached hydrogens (tertiary/aromatic N) is 4. The number of aromatic nitrogens is 1. The summed E-state index contributed by atoms with van der Waals surface area (Å²) in [6.45, 7) is 2.02. The van der Waals surface area contributed by atoms with Crippen LogP contribution >= 0.6 is 0 Å². The van der Waals surface area contributed by atoms with Gasteiger partial charge in [0.1, 0.15) is 5.69 Å². The second kappa shape index (κ2) is 6.80. The minimum atomic E-state index is 0.0248. The van der Waals surface area contributed by atoms with E-state index in [2.05, 4.69) is 34.0 Å². The number of hydrogen-bond donors (Lipinski definition) is 2. The monoisotopic (exact) mass is 251 g/mol. The Balaban J connectivity index is 2.56. The standard InChI is InChI=1S/C12H21N5O/c1-16(2)7-4-8-17(3)10-5-6-11(14-9-10)12(13)15-18/h5-6,9,18H,4,7-8H2,1-3H3,(H2,13,15). The Bertz CT molecular complexity index is 388. The number of rotatable bonds is 6. The van der Waals surface area contributed by atoms with E-state index >= 15 is 0 Å². The van der Waals surface area contributed by atoms with Gasteiger partial charge in [0.25, 0.3) is 0 Å².